The number of unbranched alkanes of at least 4 members (excludes halogenated alkanes) is 2. The van der Waals surface area contributed by atoms with Gasteiger partial charge in [-0.3, -0.25) is 9.59 Å². The van der Waals surface area contributed by atoms with E-state index in [2.05, 4.69) is 27.1 Å². The van der Waals surface area contributed by atoms with E-state index in [1.54, 1.807) is 6.20 Å². The second-order valence-corrected chi connectivity index (χ2v) is 9.21. The molecule has 1 amide bonds. The molecule has 0 unspecified atom stereocenters. The number of nitrogens with two attached hydrogens (primary N) is 3. The van der Waals surface area contributed by atoms with Crippen LogP contribution in [0.4, 0.5) is 11.8 Å². The Bertz CT molecular complexity index is 1200. The lowest BCUT2D eigenvalue weighted by atomic mass is 10.0. The largest absolute Gasteiger partial charge is 0.493 e. The Hall–Kier alpha value is -4.12. The molecule has 0 atom stereocenters. The fourth-order valence-electron chi connectivity index (χ4n) is 3.75. The third kappa shape index (κ3) is 13.5. The average molecular weight is 587 g/mol. The number of amides is 1. The van der Waals surface area contributed by atoms with Crippen molar-refractivity contribution in [3.8, 4) is 23.3 Å². The Morgan fingerprint density at radius 3 is 2.52 bits per heavy atom. The number of nitrogens with zero attached hydrogens (tertiary/aromatic N) is 2. The number of benzene rings is 1. The number of carboxylic acids is 1. The molecule has 13 heteroatoms. The lowest BCUT2D eigenvalue weighted by Crippen LogP contribution is -2.27. The van der Waals surface area contributed by atoms with Gasteiger partial charge in [-0.15, -0.1) is 0 Å². The lowest BCUT2D eigenvalue weighted by Gasteiger charge is -2.15. The Balaban J connectivity index is 1.94. The molecule has 8 N–H and O–H groups in total. The number of aromatic nitrogens is 2. The van der Waals surface area contributed by atoms with Crippen LogP contribution in [0.2, 0.25) is 0 Å². The molecule has 13 nitrogen and oxygen atoms in total. The summed E-state index contributed by atoms with van der Waals surface area (Å²) in [5, 5.41) is 11.7. The van der Waals surface area contributed by atoms with Gasteiger partial charge in [0.1, 0.15) is 5.82 Å². The van der Waals surface area contributed by atoms with Crippen LogP contribution in [0, 0.1) is 11.8 Å². The van der Waals surface area contributed by atoms with Crippen molar-refractivity contribution in [2.24, 2.45) is 5.73 Å². The molecule has 0 saturated heterocycles. The van der Waals surface area contributed by atoms with Gasteiger partial charge in [0.05, 0.1) is 45.7 Å². The van der Waals surface area contributed by atoms with Crippen molar-refractivity contribution in [1.29, 1.82) is 0 Å². The summed E-state index contributed by atoms with van der Waals surface area (Å²) < 4.78 is 22.3. The standard InChI is InChI=1S/C29H42N6O7/c1-39-24-19-21(18-23-20-34-29(32)35-28(23)31)17-22(7-3-2-4-9-26(37)38)27(24)42-12-6-5-8-25(36)33-11-14-41-16-15-40-13-10-30/h17,19-20H,2,4-6,8-16,18,30H2,1H3,(H,33,36)(H,37,38)(H4,31,32,34,35). The van der Waals surface area contributed by atoms with Gasteiger partial charge >= 0.3 is 5.97 Å². The third-order valence-corrected chi connectivity index (χ3v) is 5.81. The van der Waals surface area contributed by atoms with E-state index < -0.39 is 5.97 Å². The zero-order valence-corrected chi connectivity index (χ0v) is 24.2. The van der Waals surface area contributed by atoms with Gasteiger partial charge in [0.25, 0.3) is 0 Å². The molecule has 1 aromatic carbocycles. The number of methoxy groups -OCH3 is 1. The number of hydrogen-bond donors (Lipinski definition) is 5. The highest BCUT2D eigenvalue weighted by atomic mass is 16.5. The number of carbonyl (C=O) groups is 2. The molecule has 42 heavy (non-hydrogen) atoms. The summed E-state index contributed by atoms with van der Waals surface area (Å²) in [5.74, 6) is 6.55. The molecule has 230 valence electrons. The Morgan fingerprint density at radius 2 is 1.81 bits per heavy atom. The molecule has 0 aliphatic carbocycles. The Morgan fingerprint density at radius 1 is 1.02 bits per heavy atom. The van der Waals surface area contributed by atoms with Crippen molar-refractivity contribution in [2.75, 3.05) is 64.7 Å². The van der Waals surface area contributed by atoms with E-state index in [0.29, 0.717) is 107 Å². The Labute approximate surface area is 246 Å². The summed E-state index contributed by atoms with van der Waals surface area (Å²) in [4.78, 5) is 31.0. The van der Waals surface area contributed by atoms with Crippen molar-refractivity contribution < 1.29 is 33.6 Å². The summed E-state index contributed by atoms with van der Waals surface area (Å²) in [5.41, 5.74) is 19.1. The van der Waals surface area contributed by atoms with Crippen LogP contribution in [0.1, 0.15) is 55.2 Å². The quantitative estimate of drug-likeness (QED) is 0.110. The molecule has 2 aromatic rings. The maximum Gasteiger partial charge on any atom is 0.303 e. The molecule has 1 heterocycles. The van der Waals surface area contributed by atoms with E-state index in [1.165, 1.54) is 7.11 Å². The van der Waals surface area contributed by atoms with E-state index in [-0.39, 0.29) is 24.1 Å². The van der Waals surface area contributed by atoms with E-state index in [0.717, 1.165) is 5.56 Å². The van der Waals surface area contributed by atoms with Gasteiger partial charge in [0, 0.05) is 50.5 Å². The summed E-state index contributed by atoms with van der Waals surface area (Å²) in [6, 6.07) is 3.71. The first kappa shape index (κ1) is 34.1. The first-order chi connectivity index (χ1) is 20.3. The summed E-state index contributed by atoms with van der Waals surface area (Å²) in [6.45, 7) is 3.10. The van der Waals surface area contributed by atoms with Crippen molar-refractivity contribution in [3.63, 3.8) is 0 Å². The number of nitrogen functional groups attached to an aromatic ring is 2. The smallest absolute Gasteiger partial charge is 0.303 e. The minimum absolute atomic E-state index is 0.0443. The van der Waals surface area contributed by atoms with E-state index >= 15 is 0 Å². The monoisotopic (exact) mass is 586 g/mol. The predicted octanol–water partition coefficient (Wildman–Crippen LogP) is 1.50. The van der Waals surface area contributed by atoms with E-state index in [4.69, 9.17) is 41.3 Å². The molecule has 0 saturated carbocycles. The van der Waals surface area contributed by atoms with E-state index in [9.17, 15) is 9.59 Å². The van der Waals surface area contributed by atoms with Crippen LogP contribution in [0.15, 0.2) is 18.3 Å². The van der Waals surface area contributed by atoms with Gasteiger partial charge in [-0.25, -0.2) is 4.98 Å². The number of carbonyl (C=O) groups excluding carboxylic acids is 1. The number of hydrogen-bond acceptors (Lipinski definition) is 11. The van der Waals surface area contributed by atoms with Crippen molar-refractivity contribution >= 4 is 23.6 Å². The lowest BCUT2D eigenvalue weighted by molar-refractivity contribution is -0.137. The maximum atomic E-state index is 12.1. The average Bonchev–Trinajstić information content (AvgIpc) is 2.96. The normalized spacial score (nSPS) is 10.5. The van der Waals surface area contributed by atoms with Gasteiger partial charge in [0.15, 0.2) is 11.5 Å². The second kappa shape index (κ2) is 19.9. The first-order valence-electron chi connectivity index (χ1n) is 13.9. The van der Waals surface area contributed by atoms with Crippen LogP contribution in [0.5, 0.6) is 11.5 Å². The second-order valence-electron chi connectivity index (χ2n) is 9.21. The zero-order valence-electron chi connectivity index (χ0n) is 24.2. The molecule has 0 fully saturated rings. The highest BCUT2D eigenvalue weighted by molar-refractivity contribution is 5.75. The molecule has 0 bridgehead atoms. The highest BCUT2D eigenvalue weighted by Gasteiger charge is 2.14. The summed E-state index contributed by atoms with van der Waals surface area (Å²) in [6.07, 6.45) is 4.52. The van der Waals surface area contributed by atoms with Crippen LogP contribution in [0.3, 0.4) is 0 Å². The number of nitrogens with one attached hydrogen (secondary N) is 1. The first-order valence-corrected chi connectivity index (χ1v) is 13.9. The molecular formula is C29H42N6O7. The van der Waals surface area contributed by atoms with Gasteiger partial charge in [-0.1, -0.05) is 11.8 Å². The SMILES string of the molecule is COc1cc(Cc2cnc(N)nc2N)cc(C#CCCCC(=O)O)c1OCCCCC(=O)NCCOCCOCCN. The third-order valence-electron chi connectivity index (χ3n) is 5.81. The van der Waals surface area contributed by atoms with Crippen LogP contribution in [-0.4, -0.2) is 80.2 Å². The van der Waals surface area contributed by atoms with Crippen molar-refractivity contribution in [1.82, 2.24) is 15.3 Å². The zero-order chi connectivity index (χ0) is 30.6. The molecule has 2 rings (SSSR count). The summed E-state index contributed by atoms with van der Waals surface area (Å²) in [7, 11) is 1.54. The van der Waals surface area contributed by atoms with E-state index in [1.807, 2.05) is 12.1 Å². The summed E-state index contributed by atoms with van der Waals surface area (Å²) >= 11 is 0. The predicted molar refractivity (Wildman–Crippen MR) is 158 cm³/mol. The van der Waals surface area contributed by atoms with Gasteiger partial charge in [-0.2, -0.15) is 4.98 Å². The van der Waals surface area contributed by atoms with Crippen molar-refractivity contribution in [2.45, 2.75) is 44.9 Å². The number of anilines is 2. The number of ether oxygens (including phenoxy) is 4. The number of carboxylic acid groups (broad SMARTS) is 1. The van der Waals surface area contributed by atoms with Gasteiger partial charge < -0.3 is 46.6 Å². The van der Waals surface area contributed by atoms with Gasteiger partial charge in [0.2, 0.25) is 11.9 Å². The van der Waals surface area contributed by atoms with Crippen LogP contribution in [-0.2, 0) is 25.5 Å². The molecule has 0 spiro atoms. The number of rotatable bonds is 20. The van der Waals surface area contributed by atoms with Crippen LogP contribution in [0.25, 0.3) is 0 Å². The minimum atomic E-state index is -0.862. The topological polar surface area (TPSA) is 207 Å². The molecule has 0 radical (unpaired) electrons. The number of aliphatic carboxylic acids is 1. The van der Waals surface area contributed by atoms with Crippen LogP contribution >= 0.6 is 0 Å². The molecule has 1 aromatic heterocycles. The molecule has 0 aliphatic heterocycles. The molecular weight excluding hydrogens is 544 g/mol. The Kier molecular flexibility index (Phi) is 16.1. The van der Waals surface area contributed by atoms with Crippen LogP contribution < -0.4 is 32.0 Å². The fourth-order valence-corrected chi connectivity index (χ4v) is 3.75. The molecule has 0 aliphatic rings. The van der Waals surface area contributed by atoms with Crippen molar-refractivity contribution in [3.05, 3.63) is 35.0 Å². The van der Waals surface area contributed by atoms with Gasteiger partial charge in [-0.05, 0) is 37.0 Å². The highest BCUT2D eigenvalue weighted by Crippen LogP contribution is 2.34. The minimum Gasteiger partial charge on any atom is -0.493 e. The fraction of sp³-hybridized carbons (Fsp3) is 0.517. The maximum absolute atomic E-state index is 12.1.